The van der Waals surface area contributed by atoms with Crippen molar-refractivity contribution < 1.29 is 15.0 Å². The number of likely N-dealkylation sites (tertiary alicyclic amines) is 1. The molecule has 3 heterocycles. The van der Waals surface area contributed by atoms with Crippen molar-refractivity contribution in [1.29, 1.82) is 0 Å². The van der Waals surface area contributed by atoms with E-state index in [1.807, 2.05) is 37.3 Å². The van der Waals surface area contributed by atoms with Crippen LogP contribution in [0.1, 0.15) is 15.9 Å². The zero-order valence-electron chi connectivity index (χ0n) is 18.0. The van der Waals surface area contributed by atoms with Gasteiger partial charge in [0, 0.05) is 62.4 Å². The molecular formula is C23H26N6O3. The Labute approximate surface area is 185 Å². The molecule has 2 saturated heterocycles. The summed E-state index contributed by atoms with van der Waals surface area (Å²) in [5, 5.41) is 28.4. The lowest BCUT2D eigenvalue weighted by atomic mass is 10.1. The molecule has 2 unspecified atom stereocenters. The van der Waals surface area contributed by atoms with Crippen LogP contribution in [0.25, 0.3) is 11.3 Å². The van der Waals surface area contributed by atoms with Crippen molar-refractivity contribution >= 4 is 17.4 Å². The molecule has 5 N–H and O–H groups in total. The molecule has 9 nitrogen and oxygen atoms in total. The minimum atomic E-state index is -0.276. The van der Waals surface area contributed by atoms with Gasteiger partial charge in [-0.3, -0.25) is 20.3 Å². The number of anilines is 2. The number of rotatable bonds is 4. The van der Waals surface area contributed by atoms with Crippen molar-refractivity contribution in [3.63, 3.8) is 0 Å². The lowest BCUT2D eigenvalue weighted by Gasteiger charge is -2.21. The molecule has 166 valence electrons. The highest BCUT2D eigenvalue weighted by Crippen LogP contribution is 2.36. The molecule has 0 radical (unpaired) electrons. The topological polar surface area (TPSA) is 115 Å². The smallest absolute Gasteiger partial charge is 0.259 e. The van der Waals surface area contributed by atoms with Crippen LogP contribution in [0.3, 0.4) is 0 Å². The van der Waals surface area contributed by atoms with Gasteiger partial charge < -0.3 is 20.4 Å². The van der Waals surface area contributed by atoms with Crippen LogP contribution in [0.4, 0.5) is 11.5 Å². The van der Waals surface area contributed by atoms with Crippen molar-refractivity contribution in [3.8, 4) is 22.8 Å². The highest BCUT2D eigenvalue weighted by molar-refractivity contribution is 6.03. The number of benzene rings is 2. The van der Waals surface area contributed by atoms with Crippen LogP contribution < -0.4 is 16.2 Å². The van der Waals surface area contributed by atoms with Gasteiger partial charge in [-0.25, -0.2) is 0 Å². The predicted octanol–water partition coefficient (Wildman–Crippen LogP) is 2.10. The lowest BCUT2D eigenvalue weighted by Crippen LogP contribution is -2.38. The second kappa shape index (κ2) is 7.85. The summed E-state index contributed by atoms with van der Waals surface area (Å²) in [5.41, 5.74) is 9.66. The molecule has 2 fully saturated rings. The van der Waals surface area contributed by atoms with Crippen LogP contribution in [0.5, 0.6) is 11.5 Å². The molecule has 0 saturated carbocycles. The van der Waals surface area contributed by atoms with Gasteiger partial charge in [0.1, 0.15) is 22.9 Å². The summed E-state index contributed by atoms with van der Waals surface area (Å²) in [4.78, 5) is 15.1. The van der Waals surface area contributed by atoms with Gasteiger partial charge in [0.25, 0.3) is 5.91 Å². The Hall–Kier alpha value is -3.56. The molecule has 5 rings (SSSR count). The largest absolute Gasteiger partial charge is 0.508 e. The third-order valence-corrected chi connectivity index (χ3v) is 6.15. The Balaban J connectivity index is 1.46. The molecule has 0 aliphatic carbocycles. The van der Waals surface area contributed by atoms with Crippen LogP contribution in [0, 0.1) is 12.8 Å². The Bertz CT molecular complexity index is 1180. The zero-order chi connectivity index (χ0) is 22.4. The Morgan fingerprint density at radius 1 is 1.19 bits per heavy atom. The summed E-state index contributed by atoms with van der Waals surface area (Å²) >= 11 is 0. The van der Waals surface area contributed by atoms with Crippen molar-refractivity contribution in [3.05, 3.63) is 53.6 Å². The molecule has 1 aromatic heterocycles. The van der Waals surface area contributed by atoms with Gasteiger partial charge in [0.05, 0.1) is 11.4 Å². The van der Waals surface area contributed by atoms with Crippen LogP contribution in [-0.4, -0.2) is 56.5 Å². The number of phenolic OH excluding ortho intramolecular Hbond substituents is 2. The molecule has 0 spiro atoms. The molecule has 9 heteroatoms. The number of hydrogen-bond donors (Lipinski definition) is 5. The van der Waals surface area contributed by atoms with Gasteiger partial charge in [-0.1, -0.05) is 23.8 Å². The number of amides is 1. The summed E-state index contributed by atoms with van der Waals surface area (Å²) in [7, 11) is 1.80. The van der Waals surface area contributed by atoms with E-state index in [-0.39, 0.29) is 29.0 Å². The van der Waals surface area contributed by atoms with Gasteiger partial charge >= 0.3 is 0 Å². The van der Waals surface area contributed by atoms with Crippen LogP contribution >= 0.6 is 0 Å². The molecule has 2 aliphatic heterocycles. The maximum Gasteiger partial charge on any atom is 0.259 e. The van der Waals surface area contributed by atoms with E-state index in [2.05, 4.69) is 21.3 Å². The number of carbonyl (C=O) groups excluding carboxylic acids is 1. The molecule has 2 aromatic carbocycles. The first kappa shape index (κ1) is 20.3. The fourth-order valence-corrected chi connectivity index (χ4v) is 4.49. The van der Waals surface area contributed by atoms with Gasteiger partial charge in [-0.2, -0.15) is 5.10 Å². The predicted molar refractivity (Wildman–Crippen MR) is 121 cm³/mol. The van der Waals surface area contributed by atoms with E-state index in [1.165, 1.54) is 12.1 Å². The summed E-state index contributed by atoms with van der Waals surface area (Å²) in [6, 6.07) is 12.8. The summed E-state index contributed by atoms with van der Waals surface area (Å²) in [5.74, 6) is 0.295. The summed E-state index contributed by atoms with van der Waals surface area (Å²) in [6.45, 7) is 3.99. The normalized spacial score (nSPS) is 19.9. The van der Waals surface area contributed by atoms with E-state index in [0.29, 0.717) is 30.5 Å². The van der Waals surface area contributed by atoms with Crippen molar-refractivity contribution in [1.82, 2.24) is 25.5 Å². The fraction of sp³-hybridized carbons (Fsp3) is 0.304. The van der Waals surface area contributed by atoms with E-state index in [0.717, 1.165) is 23.4 Å². The zero-order valence-corrected chi connectivity index (χ0v) is 18.0. The van der Waals surface area contributed by atoms with Crippen molar-refractivity contribution in [2.24, 2.45) is 13.0 Å². The standard InChI is InChI=1S/C23H26N6O3/c1-13-4-3-5-14(6-13)17-9-21(28(2)27-17)25-18-7-16(30)8-20(31)22(18)23(32)29-11-15-10-24-26-19(15)12-29/h3-9,15,19,24-26,30-31H,10-12H2,1-2H3. The number of aromatic nitrogens is 2. The Morgan fingerprint density at radius 3 is 2.81 bits per heavy atom. The molecule has 2 aliphatic rings. The molecule has 2 atom stereocenters. The first-order valence-electron chi connectivity index (χ1n) is 10.6. The van der Waals surface area contributed by atoms with Gasteiger partial charge in [-0.15, -0.1) is 0 Å². The maximum absolute atomic E-state index is 13.3. The third kappa shape index (κ3) is 3.65. The SMILES string of the molecule is Cc1cccc(-c2cc(Nc3cc(O)cc(O)c3C(=O)N3CC4CNNC4C3)n(C)n2)c1. The number of fused-ring (bicyclic) bond motifs is 1. The van der Waals surface area contributed by atoms with Crippen LogP contribution in [0.15, 0.2) is 42.5 Å². The molecular weight excluding hydrogens is 408 g/mol. The number of nitrogens with zero attached hydrogens (tertiary/aromatic N) is 3. The lowest BCUT2D eigenvalue weighted by molar-refractivity contribution is 0.0780. The first-order chi connectivity index (χ1) is 15.4. The van der Waals surface area contributed by atoms with E-state index < -0.39 is 0 Å². The highest BCUT2D eigenvalue weighted by Gasteiger charge is 2.39. The van der Waals surface area contributed by atoms with E-state index in [9.17, 15) is 15.0 Å². The quantitative estimate of drug-likeness (QED) is 0.427. The summed E-state index contributed by atoms with van der Waals surface area (Å²) < 4.78 is 1.67. The maximum atomic E-state index is 13.3. The molecule has 32 heavy (non-hydrogen) atoms. The number of aromatic hydroxyl groups is 2. The number of nitrogens with one attached hydrogen (secondary N) is 3. The minimum Gasteiger partial charge on any atom is -0.508 e. The average molecular weight is 435 g/mol. The molecule has 1 amide bonds. The van der Waals surface area contributed by atoms with E-state index in [4.69, 9.17) is 0 Å². The Morgan fingerprint density at radius 2 is 2.03 bits per heavy atom. The van der Waals surface area contributed by atoms with Crippen molar-refractivity contribution in [2.75, 3.05) is 25.0 Å². The van der Waals surface area contributed by atoms with Crippen LogP contribution in [-0.2, 0) is 7.05 Å². The highest BCUT2D eigenvalue weighted by atomic mass is 16.3. The van der Waals surface area contributed by atoms with Gasteiger partial charge in [0.2, 0.25) is 0 Å². The molecule has 0 bridgehead atoms. The monoisotopic (exact) mass is 434 g/mol. The minimum absolute atomic E-state index is 0.133. The second-order valence-corrected chi connectivity index (χ2v) is 8.52. The number of carbonyl (C=O) groups is 1. The number of hydrazine groups is 1. The fourth-order valence-electron chi connectivity index (χ4n) is 4.49. The number of hydrogen-bond acceptors (Lipinski definition) is 7. The first-order valence-corrected chi connectivity index (χ1v) is 10.6. The van der Waals surface area contributed by atoms with Crippen LogP contribution in [0.2, 0.25) is 0 Å². The van der Waals surface area contributed by atoms with E-state index >= 15 is 0 Å². The molecule has 3 aromatic rings. The van der Waals surface area contributed by atoms with Gasteiger partial charge in [-0.05, 0) is 13.0 Å². The summed E-state index contributed by atoms with van der Waals surface area (Å²) in [6.07, 6.45) is 0. The van der Waals surface area contributed by atoms with Gasteiger partial charge in [0.15, 0.2) is 0 Å². The van der Waals surface area contributed by atoms with Crippen molar-refractivity contribution in [2.45, 2.75) is 13.0 Å². The number of phenols is 2. The third-order valence-electron chi connectivity index (χ3n) is 6.15. The second-order valence-electron chi connectivity index (χ2n) is 8.52. The Kier molecular flexibility index (Phi) is 4.99. The average Bonchev–Trinajstić information content (AvgIpc) is 3.43. The number of aryl methyl sites for hydroxylation is 2. The van der Waals surface area contributed by atoms with E-state index in [1.54, 1.807) is 16.6 Å².